The predicted octanol–water partition coefficient (Wildman–Crippen LogP) is 5.25. The minimum Gasteiger partial charge on any atom is -0.497 e. The highest BCUT2D eigenvalue weighted by atomic mass is 16.5. The van der Waals surface area contributed by atoms with E-state index in [0.29, 0.717) is 11.4 Å². The number of nitrogens with one attached hydrogen (secondary N) is 2. The number of aromatic amines is 1. The number of ether oxygens (including phenoxy) is 1. The molecule has 0 aliphatic heterocycles. The summed E-state index contributed by atoms with van der Waals surface area (Å²) in [6, 6.07) is 34.2. The van der Waals surface area contributed by atoms with Crippen LogP contribution in [0.15, 0.2) is 97.1 Å². The second-order valence-electron chi connectivity index (χ2n) is 6.90. The molecule has 1 heterocycles. The smallest absolute Gasteiger partial charge is 0.291 e. The summed E-state index contributed by atoms with van der Waals surface area (Å²) in [6.45, 7) is 0. The molecule has 4 rings (SSSR count). The van der Waals surface area contributed by atoms with E-state index in [-0.39, 0.29) is 6.04 Å². The molecule has 0 saturated carbocycles. The van der Waals surface area contributed by atoms with Gasteiger partial charge in [-0.2, -0.15) is 5.26 Å². The van der Waals surface area contributed by atoms with Gasteiger partial charge in [-0.05, 0) is 36.4 Å². The number of hydrogen-bond acceptors (Lipinski definition) is 3. The third kappa shape index (κ3) is 4.16. The van der Waals surface area contributed by atoms with E-state index in [9.17, 15) is 5.26 Å². The van der Waals surface area contributed by atoms with Crippen molar-refractivity contribution < 1.29 is 9.72 Å². The Labute approximate surface area is 176 Å². The van der Waals surface area contributed by atoms with E-state index in [1.165, 1.54) is 0 Å². The molecule has 0 atom stereocenters. The van der Waals surface area contributed by atoms with Gasteiger partial charge in [0, 0.05) is 16.7 Å². The zero-order valence-corrected chi connectivity index (χ0v) is 16.7. The van der Waals surface area contributed by atoms with Gasteiger partial charge >= 0.3 is 0 Å². The SMILES string of the molecule is COc1ccc(-c2ccc(C#N)c(NC(c3ccccc3)c3ccccc3)[nH+]2)cc1. The fraction of sp³-hybridized carbons (Fsp3) is 0.0769. The molecule has 4 nitrogen and oxygen atoms in total. The maximum absolute atomic E-state index is 9.68. The number of nitriles is 1. The molecule has 0 radical (unpaired) electrons. The maximum atomic E-state index is 9.68. The molecule has 0 spiro atoms. The van der Waals surface area contributed by atoms with Crippen molar-refractivity contribution in [1.82, 2.24) is 0 Å². The Kier molecular flexibility index (Phi) is 5.73. The van der Waals surface area contributed by atoms with Gasteiger partial charge in [0.05, 0.1) is 7.11 Å². The Morgan fingerprint density at radius 1 is 0.800 bits per heavy atom. The third-order valence-electron chi connectivity index (χ3n) is 5.02. The monoisotopic (exact) mass is 392 g/mol. The second kappa shape index (κ2) is 8.93. The van der Waals surface area contributed by atoms with Crippen molar-refractivity contribution >= 4 is 5.82 Å². The van der Waals surface area contributed by atoms with Gasteiger partial charge < -0.3 is 4.74 Å². The first-order valence-electron chi connectivity index (χ1n) is 9.76. The molecule has 2 N–H and O–H groups in total. The average Bonchev–Trinajstić information content (AvgIpc) is 2.83. The van der Waals surface area contributed by atoms with Crippen LogP contribution in [0.3, 0.4) is 0 Å². The summed E-state index contributed by atoms with van der Waals surface area (Å²) >= 11 is 0. The van der Waals surface area contributed by atoms with E-state index in [1.807, 2.05) is 72.8 Å². The first-order valence-corrected chi connectivity index (χ1v) is 9.76. The van der Waals surface area contributed by atoms with Crippen molar-refractivity contribution in [3.63, 3.8) is 0 Å². The number of rotatable bonds is 6. The summed E-state index contributed by atoms with van der Waals surface area (Å²) in [5, 5.41) is 13.2. The highest BCUT2D eigenvalue weighted by molar-refractivity contribution is 5.61. The molecular formula is C26H22N3O+. The van der Waals surface area contributed by atoms with Crippen molar-refractivity contribution in [3.8, 4) is 23.1 Å². The van der Waals surface area contributed by atoms with Gasteiger partial charge in [0.2, 0.25) is 0 Å². The van der Waals surface area contributed by atoms with E-state index in [2.05, 4.69) is 40.6 Å². The Balaban J connectivity index is 1.74. The number of benzene rings is 3. The number of methoxy groups -OCH3 is 1. The van der Waals surface area contributed by atoms with E-state index in [4.69, 9.17) is 4.74 Å². The van der Waals surface area contributed by atoms with Crippen LogP contribution in [0.4, 0.5) is 5.82 Å². The minimum absolute atomic E-state index is 0.0955. The van der Waals surface area contributed by atoms with Crippen LogP contribution in [0.1, 0.15) is 22.7 Å². The lowest BCUT2D eigenvalue weighted by atomic mass is 9.98. The van der Waals surface area contributed by atoms with Crippen LogP contribution in [-0.2, 0) is 0 Å². The van der Waals surface area contributed by atoms with Gasteiger partial charge in [-0.1, -0.05) is 60.7 Å². The number of pyridine rings is 1. The quantitative estimate of drug-likeness (QED) is 0.488. The Morgan fingerprint density at radius 3 is 1.93 bits per heavy atom. The van der Waals surface area contributed by atoms with Crippen LogP contribution in [0.25, 0.3) is 11.3 Å². The standard InChI is InChI=1S/C26H21N3O/c1-30-23-15-12-19(13-16-23)24-17-14-22(18-27)26(28-24)29-25(20-8-4-2-5-9-20)21-10-6-3-7-11-21/h2-17,25H,1H3,(H,28,29)/p+1. The van der Waals surface area contributed by atoms with Gasteiger partial charge in [0.25, 0.3) is 5.82 Å². The van der Waals surface area contributed by atoms with Gasteiger partial charge in [0.1, 0.15) is 29.1 Å². The maximum Gasteiger partial charge on any atom is 0.291 e. The Hall–Kier alpha value is -4.10. The van der Waals surface area contributed by atoms with Crippen LogP contribution in [-0.4, -0.2) is 7.11 Å². The number of hydrogen-bond donors (Lipinski definition) is 1. The van der Waals surface area contributed by atoms with Crippen LogP contribution >= 0.6 is 0 Å². The molecule has 0 aliphatic rings. The molecule has 0 fully saturated rings. The summed E-state index contributed by atoms with van der Waals surface area (Å²) in [5.74, 6) is 1.49. The fourth-order valence-corrected chi connectivity index (χ4v) is 3.43. The van der Waals surface area contributed by atoms with Crippen LogP contribution in [0, 0.1) is 11.3 Å². The molecular weight excluding hydrogens is 370 g/mol. The van der Waals surface area contributed by atoms with Gasteiger partial charge in [-0.25, -0.2) is 4.98 Å². The van der Waals surface area contributed by atoms with Crippen molar-refractivity contribution in [1.29, 1.82) is 5.26 Å². The Morgan fingerprint density at radius 2 is 1.40 bits per heavy atom. The largest absolute Gasteiger partial charge is 0.497 e. The van der Waals surface area contributed by atoms with Crippen molar-refractivity contribution in [2.75, 3.05) is 12.4 Å². The zero-order chi connectivity index (χ0) is 20.8. The molecule has 4 heteroatoms. The van der Waals surface area contributed by atoms with Crippen molar-refractivity contribution in [3.05, 3.63) is 114 Å². The van der Waals surface area contributed by atoms with Gasteiger partial charge in [-0.3, -0.25) is 5.32 Å². The van der Waals surface area contributed by atoms with Gasteiger partial charge in [-0.15, -0.1) is 0 Å². The van der Waals surface area contributed by atoms with E-state index >= 15 is 0 Å². The number of aromatic nitrogens is 1. The molecule has 30 heavy (non-hydrogen) atoms. The topological polar surface area (TPSA) is 59.2 Å². The Bertz CT molecular complexity index is 1110. The lowest BCUT2D eigenvalue weighted by Crippen LogP contribution is -2.22. The molecule has 146 valence electrons. The summed E-state index contributed by atoms with van der Waals surface area (Å²) in [5.41, 5.74) is 4.73. The number of nitrogens with zero attached hydrogens (tertiary/aromatic N) is 1. The second-order valence-corrected chi connectivity index (χ2v) is 6.90. The number of anilines is 1. The predicted molar refractivity (Wildman–Crippen MR) is 118 cm³/mol. The third-order valence-corrected chi connectivity index (χ3v) is 5.02. The average molecular weight is 392 g/mol. The summed E-state index contributed by atoms with van der Waals surface area (Å²) < 4.78 is 5.25. The molecule has 3 aromatic carbocycles. The molecule has 0 amide bonds. The summed E-state index contributed by atoms with van der Waals surface area (Å²) in [4.78, 5) is 3.41. The lowest BCUT2D eigenvalue weighted by Gasteiger charge is -2.16. The first kappa shape index (κ1) is 19.2. The van der Waals surface area contributed by atoms with E-state index in [0.717, 1.165) is 28.1 Å². The molecule has 0 saturated heterocycles. The molecule has 4 aromatic rings. The highest BCUT2D eigenvalue weighted by Crippen LogP contribution is 2.27. The summed E-state index contributed by atoms with van der Waals surface area (Å²) in [7, 11) is 1.65. The normalized spacial score (nSPS) is 10.4. The van der Waals surface area contributed by atoms with Crippen molar-refractivity contribution in [2.24, 2.45) is 0 Å². The van der Waals surface area contributed by atoms with Crippen molar-refractivity contribution in [2.45, 2.75) is 6.04 Å². The lowest BCUT2D eigenvalue weighted by molar-refractivity contribution is -0.348. The minimum atomic E-state index is -0.0955. The number of H-pyrrole nitrogens is 1. The van der Waals surface area contributed by atoms with Gasteiger partial charge in [0.15, 0.2) is 0 Å². The molecule has 0 bridgehead atoms. The fourth-order valence-electron chi connectivity index (χ4n) is 3.43. The zero-order valence-electron chi connectivity index (χ0n) is 16.7. The van der Waals surface area contributed by atoms with Crippen LogP contribution < -0.4 is 15.0 Å². The van der Waals surface area contributed by atoms with E-state index < -0.39 is 0 Å². The summed E-state index contributed by atoms with van der Waals surface area (Å²) in [6.07, 6.45) is 0. The highest BCUT2D eigenvalue weighted by Gasteiger charge is 2.22. The molecule has 0 unspecified atom stereocenters. The molecule has 1 aromatic heterocycles. The van der Waals surface area contributed by atoms with Crippen LogP contribution in [0.5, 0.6) is 5.75 Å². The first-order chi connectivity index (χ1) is 14.8. The molecule has 0 aliphatic carbocycles. The van der Waals surface area contributed by atoms with E-state index in [1.54, 1.807) is 7.11 Å². The van der Waals surface area contributed by atoms with Crippen LogP contribution in [0.2, 0.25) is 0 Å².